The summed E-state index contributed by atoms with van der Waals surface area (Å²) in [5, 5.41) is 20.2. The Hall–Kier alpha value is -1.89. The molecule has 2 aromatic heterocycles. The van der Waals surface area contributed by atoms with Gasteiger partial charge in [0.25, 0.3) is 0 Å². The maximum atomic E-state index is 13.9. The second kappa shape index (κ2) is 5.83. The Morgan fingerprint density at radius 1 is 1.42 bits per heavy atom. The third-order valence-corrected chi connectivity index (χ3v) is 2.90. The molecule has 2 heterocycles. The summed E-state index contributed by atoms with van der Waals surface area (Å²) in [4.78, 5) is 0. The van der Waals surface area contributed by atoms with Crippen molar-refractivity contribution in [3.05, 3.63) is 29.5 Å². The van der Waals surface area contributed by atoms with E-state index in [0.717, 1.165) is 0 Å². The van der Waals surface area contributed by atoms with Crippen molar-refractivity contribution in [3.63, 3.8) is 0 Å². The smallest absolute Gasteiger partial charge is 0.216 e. The third-order valence-electron chi connectivity index (χ3n) is 2.90. The summed E-state index contributed by atoms with van der Waals surface area (Å²) < 4.78 is 16.9. The van der Waals surface area contributed by atoms with Crippen LogP contribution in [0.15, 0.2) is 12.3 Å². The Balaban J connectivity index is 2.03. The molecule has 2 N–H and O–H groups in total. The topological polar surface area (TPSA) is 67.9 Å². The summed E-state index contributed by atoms with van der Waals surface area (Å²) in [5.74, 6) is 0.346. The van der Waals surface area contributed by atoms with E-state index in [9.17, 15) is 4.39 Å². The number of nitrogens with one attached hydrogen (secondary N) is 1. The molecule has 2 aromatic rings. The molecule has 104 valence electrons. The number of rotatable bonds is 6. The molecule has 0 unspecified atom stereocenters. The molecule has 0 amide bonds. The first kappa shape index (κ1) is 13.5. The molecule has 0 saturated heterocycles. The summed E-state index contributed by atoms with van der Waals surface area (Å²) in [7, 11) is 0. The minimum absolute atomic E-state index is 0.0398. The van der Waals surface area contributed by atoms with Crippen LogP contribution in [-0.4, -0.2) is 31.3 Å². The molecule has 6 nitrogen and oxygen atoms in total. The maximum absolute atomic E-state index is 13.9. The summed E-state index contributed by atoms with van der Waals surface area (Å²) in [6, 6.07) is 1.78. The third kappa shape index (κ3) is 2.93. The first-order valence-corrected chi connectivity index (χ1v) is 6.25. The van der Waals surface area contributed by atoms with E-state index < -0.39 is 0 Å². The highest BCUT2D eigenvalue weighted by molar-refractivity contribution is 5.34. The van der Waals surface area contributed by atoms with Crippen LogP contribution >= 0.6 is 0 Å². The van der Waals surface area contributed by atoms with Gasteiger partial charge in [-0.3, -0.25) is 4.68 Å². The van der Waals surface area contributed by atoms with E-state index in [2.05, 4.69) is 15.5 Å². The molecule has 0 aliphatic heterocycles. The predicted molar refractivity (Wildman–Crippen MR) is 69.2 cm³/mol. The van der Waals surface area contributed by atoms with Gasteiger partial charge in [0.2, 0.25) is 5.95 Å². The molecule has 0 saturated carbocycles. The molecular formula is C12H18FN5O. The standard InChI is InChI=1S/C12H18FN5O/c1-3-18-12(13)10(9(2)15-18)8-14-11-4-5-17(16-11)6-7-19/h4-5,19H,3,6-8H2,1-2H3,(H,14,16). The fraction of sp³-hybridized carbons (Fsp3) is 0.500. The Morgan fingerprint density at radius 3 is 2.84 bits per heavy atom. The van der Waals surface area contributed by atoms with Gasteiger partial charge in [-0.1, -0.05) is 0 Å². The second-order valence-corrected chi connectivity index (χ2v) is 4.21. The summed E-state index contributed by atoms with van der Waals surface area (Å²) in [6.07, 6.45) is 1.76. The van der Waals surface area contributed by atoms with Crippen molar-refractivity contribution in [2.45, 2.75) is 33.5 Å². The van der Waals surface area contributed by atoms with Gasteiger partial charge in [0.15, 0.2) is 0 Å². The van der Waals surface area contributed by atoms with Crippen LogP contribution in [-0.2, 0) is 19.6 Å². The van der Waals surface area contributed by atoms with E-state index in [4.69, 9.17) is 5.11 Å². The highest BCUT2D eigenvalue weighted by atomic mass is 19.1. The Bertz CT molecular complexity index is 548. The van der Waals surface area contributed by atoms with Gasteiger partial charge in [-0.25, -0.2) is 4.68 Å². The summed E-state index contributed by atoms with van der Waals surface area (Å²) in [6.45, 7) is 4.98. The van der Waals surface area contributed by atoms with Gasteiger partial charge < -0.3 is 10.4 Å². The molecule has 0 aliphatic rings. The zero-order valence-corrected chi connectivity index (χ0v) is 11.1. The Labute approximate surface area is 110 Å². The highest BCUT2D eigenvalue weighted by Gasteiger charge is 2.13. The van der Waals surface area contributed by atoms with Crippen LogP contribution in [0.1, 0.15) is 18.2 Å². The number of aliphatic hydroxyl groups excluding tert-OH is 1. The molecule has 2 rings (SSSR count). The minimum Gasteiger partial charge on any atom is -0.394 e. The van der Waals surface area contributed by atoms with Crippen LogP contribution in [0.4, 0.5) is 10.2 Å². The summed E-state index contributed by atoms with van der Waals surface area (Å²) in [5.41, 5.74) is 1.24. The molecule has 0 fully saturated rings. The zero-order valence-electron chi connectivity index (χ0n) is 11.1. The number of anilines is 1. The van der Waals surface area contributed by atoms with Crippen molar-refractivity contribution in [3.8, 4) is 0 Å². The zero-order chi connectivity index (χ0) is 13.8. The highest BCUT2D eigenvalue weighted by Crippen LogP contribution is 2.14. The van der Waals surface area contributed by atoms with E-state index in [1.807, 2.05) is 6.92 Å². The Kier molecular flexibility index (Phi) is 4.16. The Morgan fingerprint density at radius 2 is 2.21 bits per heavy atom. The summed E-state index contributed by atoms with van der Waals surface area (Å²) >= 11 is 0. The van der Waals surface area contributed by atoms with Crippen molar-refractivity contribution < 1.29 is 9.50 Å². The molecule has 0 aliphatic carbocycles. The molecule has 0 spiro atoms. The van der Waals surface area contributed by atoms with Crippen LogP contribution in [0.5, 0.6) is 0 Å². The van der Waals surface area contributed by atoms with Crippen LogP contribution in [0.25, 0.3) is 0 Å². The average molecular weight is 267 g/mol. The molecule has 0 radical (unpaired) electrons. The van der Waals surface area contributed by atoms with Crippen LogP contribution in [0.2, 0.25) is 0 Å². The van der Waals surface area contributed by atoms with Gasteiger partial charge >= 0.3 is 0 Å². The lowest BCUT2D eigenvalue weighted by Gasteiger charge is -2.02. The van der Waals surface area contributed by atoms with Crippen LogP contribution in [0, 0.1) is 12.9 Å². The molecule has 19 heavy (non-hydrogen) atoms. The molecular weight excluding hydrogens is 249 g/mol. The monoisotopic (exact) mass is 267 g/mol. The van der Waals surface area contributed by atoms with E-state index >= 15 is 0 Å². The number of halogens is 1. The normalized spacial score (nSPS) is 10.9. The van der Waals surface area contributed by atoms with Crippen LogP contribution in [0.3, 0.4) is 0 Å². The number of aryl methyl sites for hydroxylation is 2. The van der Waals surface area contributed by atoms with Gasteiger partial charge in [-0.2, -0.15) is 14.6 Å². The first-order chi connectivity index (χ1) is 9.15. The van der Waals surface area contributed by atoms with Gasteiger partial charge in [0.05, 0.1) is 18.8 Å². The predicted octanol–water partition coefficient (Wildman–Crippen LogP) is 1.15. The number of hydrogen-bond acceptors (Lipinski definition) is 4. The van der Waals surface area contributed by atoms with Crippen molar-refractivity contribution >= 4 is 5.82 Å². The lowest BCUT2D eigenvalue weighted by atomic mass is 10.2. The minimum atomic E-state index is -0.303. The molecule has 7 heteroatoms. The lowest BCUT2D eigenvalue weighted by Crippen LogP contribution is -2.06. The fourth-order valence-electron chi connectivity index (χ4n) is 1.86. The number of aromatic nitrogens is 4. The van der Waals surface area contributed by atoms with Crippen molar-refractivity contribution in [1.82, 2.24) is 19.6 Å². The molecule has 0 atom stereocenters. The van der Waals surface area contributed by atoms with Crippen molar-refractivity contribution in [2.75, 3.05) is 11.9 Å². The van der Waals surface area contributed by atoms with Gasteiger partial charge in [0, 0.05) is 30.9 Å². The number of aliphatic hydroxyl groups is 1. The number of hydrogen-bond donors (Lipinski definition) is 2. The second-order valence-electron chi connectivity index (χ2n) is 4.21. The largest absolute Gasteiger partial charge is 0.394 e. The van der Waals surface area contributed by atoms with Crippen molar-refractivity contribution in [2.24, 2.45) is 0 Å². The SMILES string of the molecule is CCn1nc(C)c(CNc2ccn(CCO)n2)c1F. The average Bonchev–Trinajstić information content (AvgIpc) is 2.93. The molecule has 0 bridgehead atoms. The van der Waals surface area contributed by atoms with E-state index in [1.165, 1.54) is 4.68 Å². The van der Waals surface area contributed by atoms with Crippen LogP contribution < -0.4 is 5.32 Å². The lowest BCUT2D eigenvalue weighted by molar-refractivity contribution is 0.269. The number of nitrogens with zero attached hydrogens (tertiary/aromatic N) is 4. The molecule has 0 aromatic carbocycles. The fourth-order valence-corrected chi connectivity index (χ4v) is 1.86. The van der Waals surface area contributed by atoms with Gasteiger partial charge in [0.1, 0.15) is 5.82 Å². The maximum Gasteiger partial charge on any atom is 0.216 e. The quantitative estimate of drug-likeness (QED) is 0.824. The van der Waals surface area contributed by atoms with Crippen molar-refractivity contribution in [1.29, 1.82) is 0 Å². The van der Waals surface area contributed by atoms with E-state index in [-0.39, 0.29) is 12.6 Å². The van der Waals surface area contributed by atoms with Gasteiger partial charge in [-0.15, -0.1) is 0 Å². The van der Waals surface area contributed by atoms with E-state index in [1.54, 1.807) is 23.9 Å². The van der Waals surface area contributed by atoms with Gasteiger partial charge in [-0.05, 0) is 13.8 Å². The van der Waals surface area contributed by atoms with E-state index in [0.29, 0.717) is 36.7 Å². The first-order valence-electron chi connectivity index (χ1n) is 6.25.